The van der Waals surface area contributed by atoms with E-state index in [1.54, 1.807) is 0 Å². The van der Waals surface area contributed by atoms with E-state index in [4.69, 9.17) is 4.74 Å². The van der Waals surface area contributed by atoms with Gasteiger partial charge in [0.05, 0.1) is 24.2 Å². The topological polar surface area (TPSA) is 65.1 Å². The van der Waals surface area contributed by atoms with Gasteiger partial charge in [0.15, 0.2) is 0 Å². The molecule has 43 heavy (non-hydrogen) atoms. The second-order valence-electron chi connectivity index (χ2n) is 13.9. The molecule has 0 radical (unpaired) electrons. The van der Waals surface area contributed by atoms with E-state index in [0.717, 1.165) is 70.2 Å². The number of carbonyl (C=O) groups excluding carboxylic acids is 2. The summed E-state index contributed by atoms with van der Waals surface area (Å²) in [5, 5.41) is 3.26. The van der Waals surface area contributed by atoms with Crippen LogP contribution in [0.15, 0.2) is 30.3 Å². The van der Waals surface area contributed by atoms with Gasteiger partial charge in [-0.25, -0.2) is 13.6 Å². The molecule has 10 heteroatoms. The van der Waals surface area contributed by atoms with Gasteiger partial charge in [-0.15, -0.1) is 12.4 Å². The third kappa shape index (κ3) is 6.69. The van der Waals surface area contributed by atoms with Crippen molar-refractivity contribution in [2.45, 2.75) is 126 Å². The number of amides is 3. The molecule has 1 aromatic carbocycles. The SMILES string of the molecule is CC(C)N1C(=O)N(C2CCCOC2)CC12CC1CCC(C2)N1CC[C@H](NC(=O)C1CCC(F)(F)CC1)c1ccccc1.Cl. The maximum absolute atomic E-state index is 13.8. The van der Waals surface area contributed by atoms with Gasteiger partial charge in [0.1, 0.15) is 0 Å². The van der Waals surface area contributed by atoms with E-state index >= 15 is 0 Å². The van der Waals surface area contributed by atoms with Crippen LogP contribution in [-0.4, -0.2) is 88.6 Å². The molecule has 6 rings (SSSR count). The maximum Gasteiger partial charge on any atom is 0.321 e. The van der Waals surface area contributed by atoms with Crippen molar-refractivity contribution >= 4 is 24.3 Å². The summed E-state index contributed by atoms with van der Waals surface area (Å²) < 4.78 is 33.2. The van der Waals surface area contributed by atoms with Gasteiger partial charge in [0.25, 0.3) is 0 Å². The minimum absolute atomic E-state index is 0. The molecule has 1 N–H and O–H groups in total. The van der Waals surface area contributed by atoms with E-state index in [1.807, 2.05) is 30.3 Å². The smallest absolute Gasteiger partial charge is 0.321 e. The summed E-state index contributed by atoms with van der Waals surface area (Å²) in [4.78, 5) is 34.0. The lowest BCUT2D eigenvalue weighted by molar-refractivity contribution is -0.130. The lowest BCUT2D eigenvalue weighted by Crippen LogP contribution is -2.60. The minimum Gasteiger partial charge on any atom is -0.379 e. The fraction of sp³-hybridized carbons (Fsp3) is 0.758. The predicted octanol–water partition coefficient (Wildman–Crippen LogP) is 6.17. The number of nitrogens with zero attached hydrogens (tertiary/aromatic N) is 3. The van der Waals surface area contributed by atoms with Crippen LogP contribution < -0.4 is 5.32 Å². The molecular formula is C33H49ClF2N4O3. The van der Waals surface area contributed by atoms with E-state index in [9.17, 15) is 18.4 Å². The summed E-state index contributed by atoms with van der Waals surface area (Å²) in [6.07, 6.45) is 7.11. The van der Waals surface area contributed by atoms with Gasteiger partial charge in [0.2, 0.25) is 11.8 Å². The molecule has 3 amide bonds. The summed E-state index contributed by atoms with van der Waals surface area (Å²) in [6, 6.07) is 11.2. The zero-order chi connectivity index (χ0) is 29.5. The molecule has 4 heterocycles. The largest absolute Gasteiger partial charge is 0.379 e. The van der Waals surface area contributed by atoms with Crippen molar-refractivity contribution in [3.05, 3.63) is 35.9 Å². The highest BCUT2D eigenvalue weighted by atomic mass is 35.5. The Morgan fingerprint density at radius 3 is 2.30 bits per heavy atom. The number of carbonyl (C=O) groups is 2. The molecule has 1 aliphatic carbocycles. The number of nitrogens with one attached hydrogen (secondary N) is 1. The van der Waals surface area contributed by atoms with Crippen molar-refractivity contribution < 1.29 is 23.1 Å². The van der Waals surface area contributed by atoms with Crippen LogP contribution in [-0.2, 0) is 9.53 Å². The zero-order valence-electron chi connectivity index (χ0n) is 25.7. The summed E-state index contributed by atoms with van der Waals surface area (Å²) in [5.41, 5.74) is 0.923. The molecule has 1 aromatic rings. The number of ether oxygens (including phenoxy) is 1. The van der Waals surface area contributed by atoms with Crippen molar-refractivity contribution in [3.63, 3.8) is 0 Å². The van der Waals surface area contributed by atoms with E-state index in [2.05, 4.69) is 33.9 Å². The Morgan fingerprint density at radius 2 is 1.70 bits per heavy atom. The Labute approximate surface area is 261 Å². The number of rotatable bonds is 8. The lowest BCUT2D eigenvalue weighted by Gasteiger charge is -2.49. The molecule has 4 aliphatic heterocycles. The molecule has 3 unspecified atom stereocenters. The Kier molecular flexibility index (Phi) is 9.94. The van der Waals surface area contributed by atoms with Crippen LogP contribution in [0.2, 0.25) is 0 Å². The zero-order valence-corrected chi connectivity index (χ0v) is 26.5. The molecule has 5 aliphatic rings. The van der Waals surface area contributed by atoms with Crippen LogP contribution in [0.25, 0.3) is 0 Å². The summed E-state index contributed by atoms with van der Waals surface area (Å²) in [5.74, 6) is -3.08. The van der Waals surface area contributed by atoms with E-state index in [1.165, 1.54) is 0 Å². The van der Waals surface area contributed by atoms with Gasteiger partial charge >= 0.3 is 6.03 Å². The van der Waals surface area contributed by atoms with Crippen LogP contribution in [0.3, 0.4) is 0 Å². The van der Waals surface area contributed by atoms with Gasteiger partial charge in [-0.3, -0.25) is 9.69 Å². The van der Waals surface area contributed by atoms with Gasteiger partial charge < -0.3 is 19.9 Å². The maximum atomic E-state index is 13.8. The highest BCUT2D eigenvalue weighted by molar-refractivity contribution is 5.85. The quantitative estimate of drug-likeness (QED) is 0.377. The Morgan fingerprint density at radius 1 is 1.02 bits per heavy atom. The number of alkyl halides is 2. The summed E-state index contributed by atoms with van der Waals surface area (Å²) in [6.45, 7) is 7.39. The molecule has 2 bridgehead atoms. The van der Waals surface area contributed by atoms with Crippen molar-refractivity contribution in [2.24, 2.45) is 5.92 Å². The number of benzene rings is 1. The second-order valence-corrected chi connectivity index (χ2v) is 13.9. The Balaban J connectivity index is 0.00000368. The van der Waals surface area contributed by atoms with Crippen molar-refractivity contribution in [1.82, 2.24) is 20.0 Å². The highest BCUT2D eigenvalue weighted by Gasteiger charge is 2.58. The van der Waals surface area contributed by atoms with Gasteiger partial charge in [-0.05, 0) is 77.2 Å². The van der Waals surface area contributed by atoms with Gasteiger partial charge in [-0.1, -0.05) is 30.3 Å². The predicted molar refractivity (Wildman–Crippen MR) is 164 cm³/mol. The fourth-order valence-electron chi connectivity index (χ4n) is 8.81. The fourth-order valence-corrected chi connectivity index (χ4v) is 8.81. The number of urea groups is 1. The average molecular weight is 623 g/mol. The van der Waals surface area contributed by atoms with Crippen molar-refractivity contribution in [2.75, 3.05) is 26.3 Å². The first-order valence-corrected chi connectivity index (χ1v) is 16.3. The molecule has 1 spiro atoms. The lowest BCUT2D eigenvalue weighted by atomic mass is 9.81. The van der Waals surface area contributed by atoms with E-state index in [0.29, 0.717) is 18.7 Å². The molecule has 0 aromatic heterocycles. The third-order valence-electron chi connectivity index (χ3n) is 10.8. The first-order chi connectivity index (χ1) is 20.2. The first-order valence-electron chi connectivity index (χ1n) is 16.3. The second kappa shape index (κ2) is 13.2. The van der Waals surface area contributed by atoms with Gasteiger partial charge in [0, 0.05) is 56.6 Å². The van der Waals surface area contributed by atoms with E-state index < -0.39 is 5.92 Å². The molecule has 4 saturated heterocycles. The molecular weight excluding hydrogens is 574 g/mol. The van der Waals surface area contributed by atoms with Crippen LogP contribution in [0, 0.1) is 5.92 Å². The van der Waals surface area contributed by atoms with Crippen molar-refractivity contribution in [3.8, 4) is 0 Å². The average Bonchev–Trinajstić information content (AvgIpc) is 3.40. The molecule has 5 fully saturated rings. The number of halogens is 3. The number of piperidine rings is 1. The summed E-state index contributed by atoms with van der Waals surface area (Å²) in [7, 11) is 0. The third-order valence-corrected chi connectivity index (χ3v) is 10.8. The Bertz CT molecular complexity index is 1090. The minimum atomic E-state index is -2.64. The molecule has 4 atom stereocenters. The molecule has 1 saturated carbocycles. The normalized spacial score (nSPS) is 31.8. The first kappa shape index (κ1) is 32.4. The van der Waals surface area contributed by atoms with E-state index in [-0.39, 0.29) is 79.6 Å². The standard InChI is InChI=1S/C33H48F2N4O3.ClH/c1-23(2)39-31(41)38(28-9-6-18-42-21-28)22-32(39)19-26-10-11-27(20-32)37(26)17-14-29(24-7-4-3-5-8-24)36-30(40)25-12-15-33(34,35)16-13-25;/h3-5,7-8,23,25-29H,6,9-22H2,1-2H3,(H,36,40);1H/t26?,27?,28?,29-,32?;/m0./s1. The van der Waals surface area contributed by atoms with Gasteiger partial charge in [-0.2, -0.15) is 0 Å². The number of fused-ring (bicyclic) bond motifs is 2. The number of hydrogen-bond acceptors (Lipinski definition) is 4. The summed E-state index contributed by atoms with van der Waals surface area (Å²) >= 11 is 0. The molecule has 7 nitrogen and oxygen atoms in total. The van der Waals surface area contributed by atoms with Crippen LogP contribution in [0.5, 0.6) is 0 Å². The molecule has 240 valence electrons. The monoisotopic (exact) mass is 622 g/mol. The van der Waals surface area contributed by atoms with Crippen LogP contribution >= 0.6 is 12.4 Å². The van der Waals surface area contributed by atoms with Crippen molar-refractivity contribution in [1.29, 1.82) is 0 Å². The Hall–Kier alpha value is -1.97. The van der Waals surface area contributed by atoms with Crippen LogP contribution in [0.4, 0.5) is 13.6 Å². The van der Waals surface area contributed by atoms with Crippen LogP contribution in [0.1, 0.15) is 96.1 Å². The highest BCUT2D eigenvalue weighted by Crippen LogP contribution is 2.48. The number of hydrogen-bond donors (Lipinski definition) is 1.